The van der Waals surface area contributed by atoms with Gasteiger partial charge in [-0.2, -0.15) is 17.9 Å². The Morgan fingerprint density at radius 1 is 1.11 bits per heavy atom. The number of alkyl halides is 3. The molecule has 1 aromatic carbocycles. The number of carbonyl (C=O) groups is 4. The summed E-state index contributed by atoms with van der Waals surface area (Å²) < 4.78 is 83.6. The van der Waals surface area contributed by atoms with Gasteiger partial charge >= 0.3 is 12.3 Å². The number of fused-ring (bicyclic) bond motifs is 5. The van der Waals surface area contributed by atoms with E-state index in [1.54, 1.807) is 12.1 Å². The van der Waals surface area contributed by atoms with Gasteiger partial charge in [-0.3, -0.25) is 19.3 Å². The summed E-state index contributed by atoms with van der Waals surface area (Å²) in [6.07, 6.45) is 2.61. The summed E-state index contributed by atoms with van der Waals surface area (Å²) in [5.74, 6) is -2.35. The van der Waals surface area contributed by atoms with Gasteiger partial charge in [0.15, 0.2) is 11.4 Å². The van der Waals surface area contributed by atoms with E-state index in [9.17, 15) is 36.9 Å². The molecule has 0 radical (unpaired) electrons. The highest BCUT2D eigenvalue weighted by Crippen LogP contribution is 2.50. The number of aromatic nitrogens is 1. The number of allylic oxidation sites excluding steroid dienone is 1. The number of nitrogens with one attached hydrogen (secondary N) is 3. The summed E-state index contributed by atoms with van der Waals surface area (Å²) in [5, 5.41) is 6.07. The maximum absolute atomic E-state index is 15.0. The van der Waals surface area contributed by atoms with Crippen molar-refractivity contribution in [3.05, 3.63) is 41.6 Å². The van der Waals surface area contributed by atoms with Crippen LogP contribution in [0.4, 0.5) is 18.0 Å². The molecule has 19 heteroatoms. The van der Waals surface area contributed by atoms with E-state index in [0.717, 1.165) is 19.5 Å². The number of amides is 4. The molecule has 4 aliphatic heterocycles. The molecular weight excluding hydrogens is 858 g/mol. The number of carbonyl (C=O) groups excluding carboxylic acids is 4. The van der Waals surface area contributed by atoms with E-state index in [1.807, 2.05) is 32.9 Å². The van der Waals surface area contributed by atoms with Crippen LogP contribution in [0.15, 0.2) is 30.4 Å². The number of alkyl carbamates (subject to hydrolysis) is 1. The quantitative estimate of drug-likeness (QED) is 0.213. The standard InChI is InChI=1S/C45H59F3N6O9S/c1-28(2)26-62-41(58)50-34-10-8-6-4-5-7-9-29-24-44(29,40(57)52-64(59)42(3)15-16-42)51-38(55)35-25-43(27-54(35)39(34)56)14-13-31-32-23-30(61-22-19-53-17-20-60-21-18-53)11-12-33(32)49-37(36(31)63-43)45(46,47)48/h7,9,11-12,23,28-29,34-35H,4-6,8,10,13-22,24-27H2,1-3H3,(H,50,58)(H,51,55)(H,52,57)/b9-7-/t29-,34+,35+,43-,44-,64-/m1/s1. The highest BCUT2D eigenvalue weighted by atomic mass is 32.2. The van der Waals surface area contributed by atoms with Crippen molar-refractivity contribution >= 4 is 46.1 Å². The zero-order valence-corrected chi connectivity index (χ0v) is 37.5. The van der Waals surface area contributed by atoms with Crippen molar-refractivity contribution in [1.82, 2.24) is 30.1 Å². The minimum atomic E-state index is -4.92. The summed E-state index contributed by atoms with van der Waals surface area (Å²) in [7, 11) is 0. The van der Waals surface area contributed by atoms with Crippen LogP contribution in [0.1, 0.15) is 96.2 Å². The van der Waals surface area contributed by atoms with Crippen molar-refractivity contribution in [2.24, 2.45) is 11.8 Å². The Balaban J connectivity index is 1.11. The van der Waals surface area contributed by atoms with E-state index in [-0.39, 0.29) is 62.3 Å². The fourth-order valence-corrected chi connectivity index (χ4v) is 10.3. The van der Waals surface area contributed by atoms with Gasteiger partial charge in [-0.05, 0) is 69.6 Å². The number of rotatable bonds is 10. The lowest BCUT2D eigenvalue weighted by Gasteiger charge is -2.37. The van der Waals surface area contributed by atoms with Gasteiger partial charge in [-0.25, -0.2) is 9.78 Å². The Hall–Kier alpha value is -4.33. The summed E-state index contributed by atoms with van der Waals surface area (Å²) in [4.78, 5) is 64.2. The SMILES string of the molecule is CC(C)COC(=O)N[C@H]1CCCCC/C=C\[C@@H]2C[C@@]2(C(=O)N[S@+]([O-])C2(C)CC2)NC(=O)[C@@H]2C[C@]3(CCc4c(c(C(F)(F)F)nc5ccc(OCCN6CCOCC6)cc45)O3)CN2C1=O. The molecule has 4 amide bonds. The molecule has 5 heterocycles. The van der Waals surface area contributed by atoms with Gasteiger partial charge in [0.2, 0.25) is 11.8 Å². The van der Waals surface area contributed by atoms with Gasteiger partial charge in [0.1, 0.15) is 40.3 Å². The van der Waals surface area contributed by atoms with Crippen LogP contribution in [0, 0.1) is 11.8 Å². The topological polar surface area (TPSA) is 184 Å². The van der Waals surface area contributed by atoms with E-state index in [0.29, 0.717) is 69.6 Å². The fraction of sp³-hybridized carbons (Fsp3) is 0.667. The molecule has 6 aliphatic rings. The lowest BCUT2D eigenvalue weighted by atomic mass is 9.87. The van der Waals surface area contributed by atoms with Gasteiger partial charge in [-0.1, -0.05) is 38.8 Å². The highest BCUT2D eigenvalue weighted by molar-refractivity contribution is 7.91. The first-order valence-electron chi connectivity index (χ1n) is 22.6. The van der Waals surface area contributed by atoms with Crippen LogP contribution in [0.2, 0.25) is 0 Å². The zero-order valence-electron chi connectivity index (χ0n) is 36.7. The first-order chi connectivity index (χ1) is 30.5. The molecule has 6 atom stereocenters. The van der Waals surface area contributed by atoms with E-state index in [4.69, 9.17) is 18.9 Å². The molecule has 2 aromatic rings. The van der Waals surface area contributed by atoms with E-state index in [1.165, 1.54) is 11.0 Å². The molecule has 15 nitrogen and oxygen atoms in total. The van der Waals surface area contributed by atoms with Crippen LogP contribution in [0.25, 0.3) is 10.9 Å². The Morgan fingerprint density at radius 2 is 1.89 bits per heavy atom. The predicted molar refractivity (Wildman–Crippen MR) is 230 cm³/mol. The van der Waals surface area contributed by atoms with Crippen molar-refractivity contribution in [1.29, 1.82) is 0 Å². The highest BCUT2D eigenvalue weighted by Gasteiger charge is 2.64. The molecule has 4 fully saturated rings. The van der Waals surface area contributed by atoms with Gasteiger partial charge in [0, 0.05) is 55.8 Å². The second kappa shape index (κ2) is 18.5. The number of halogens is 3. The number of ether oxygens (including phenoxy) is 4. The number of morpholine rings is 1. The summed E-state index contributed by atoms with van der Waals surface area (Å²) in [6.45, 7) is 9.22. The lowest BCUT2D eigenvalue weighted by molar-refractivity contribution is -0.144. The molecule has 0 unspecified atom stereocenters. The molecule has 1 aromatic heterocycles. The van der Waals surface area contributed by atoms with Crippen LogP contribution >= 0.6 is 0 Å². The van der Waals surface area contributed by atoms with Crippen LogP contribution < -0.4 is 24.8 Å². The Labute approximate surface area is 374 Å². The minimum Gasteiger partial charge on any atom is -0.593 e. The molecule has 64 heavy (non-hydrogen) atoms. The molecule has 8 rings (SSSR count). The smallest absolute Gasteiger partial charge is 0.437 e. The third-order valence-corrected chi connectivity index (χ3v) is 15.1. The summed E-state index contributed by atoms with van der Waals surface area (Å²) in [5.41, 5.74) is -3.77. The minimum absolute atomic E-state index is 0.0216. The maximum atomic E-state index is 15.0. The van der Waals surface area contributed by atoms with Crippen molar-refractivity contribution < 1.29 is 55.8 Å². The second-order valence-corrected chi connectivity index (χ2v) is 20.6. The maximum Gasteiger partial charge on any atom is 0.437 e. The van der Waals surface area contributed by atoms with E-state index in [2.05, 4.69) is 25.2 Å². The number of aryl methyl sites for hydroxylation is 1. The molecule has 2 saturated heterocycles. The van der Waals surface area contributed by atoms with Crippen LogP contribution in [-0.4, -0.2) is 124 Å². The second-order valence-electron chi connectivity index (χ2n) is 18.9. The predicted octanol–water partition coefficient (Wildman–Crippen LogP) is 5.11. The first-order valence-corrected chi connectivity index (χ1v) is 23.8. The molecule has 2 saturated carbocycles. The van der Waals surface area contributed by atoms with Crippen molar-refractivity contribution in [3.63, 3.8) is 0 Å². The number of hydrogen-bond acceptors (Lipinski definition) is 11. The lowest BCUT2D eigenvalue weighted by Crippen LogP contribution is -2.58. The van der Waals surface area contributed by atoms with Crippen molar-refractivity contribution in [2.45, 2.75) is 126 Å². The molecule has 2 aliphatic carbocycles. The van der Waals surface area contributed by atoms with E-state index >= 15 is 0 Å². The van der Waals surface area contributed by atoms with Crippen molar-refractivity contribution in [2.75, 3.05) is 52.6 Å². The average molecular weight is 917 g/mol. The first kappa shape index (κ1) is 46.2. The number of pyridine rings is 1. The van der Waals surface area contributed by atoms with Crippen molar-refractivity contribution in [3.8, 4) is 11.5 Å². The fourth-order valence-electron chi connectivity index (χ4n) is 9.21. The van der Waals surface area contributed by atoms with Gasteiger partial charge < -0.3 is 39.0 Å². The summed E-state index contributed by atoms with van der Waals surface area (Å²) >= 11 is -1.70. The molecular formula is C45H59F3N6O9S. The van der Waals surface area contributed by atoms with Crippen LogP contribution in [-0.2, 0) is 47.8 Å². The molecule has 0 bridgehead atoms. The van der Waals surface area contributed by atoms with Gasteiger partial charge in [0.25, 0.3) is 5.91 Å². The molecule has 350 valence electrons. The monoisotopic (exact) mass is 916 g/mol. The average Bonchev–Trinajstić information content (AvgIpc) is 4.15. The Kier molecular flexibility index (Phi) is 13.4. The van der Waals surface area contributed by atoms with E-state index < -0.39 is 86.7 Å². The van der Waals surface area contributed by atoms with Gasteiger partial charge in [0.05, 0.1) is 43.2 Å². The third kappa shape index (κ3) is 10.1. The van der Waals surface area contributed by atoms with Crippen LogP contribution in [0.3, 0.4) is 0 Å². The molecule has 1 spiro atoms. The van der Waals surface area contributed by atoms with Gasteiger partial charge in [-0.15, -0.1) is 0 Å². The largest absolute Gasteiger partial charge is 0.593 e. The van der Waals surface area contributed by atoms with Crippen LogP contribution in [0.5, 0.6) is 11.5 Å². The Bertz CT molecular complexity index is 2130. The summed E-state index contributed by atoms with van der Waals surface area (Å²) in [6, 6.07) is 2.33. The number of benzene rings is 1. The number of hydrogen-bond donors (Lipinski definition) is 3. The number of nitrogens with zero attached hydrogens (tertiary/aromatic N) is 3. The molecule has 3 N–H and O–H groups in total. The normalized spacial score (nSPS) is 29.2. The third-order valence-electron chi connectivity index (χ3n) is 13.4. The Morgan fingerprint density at radius 3 is 2.62 bits per heavy atom. The zero-order chi connectivity index (χ0) is 45.4.